The fraction of sp³-hybridized carbons (Fsp3) is 0.667. The molecule has 0 saturated heterocycles. The van der Waals surface area contributed by atoms with Gasteiger partial charge in [-0.1, -0.05) is 12.8 Å². The molecule has 1 rings (SSSR count). The normalized spacial score (nSPS) is 9.42. The molecule has 112 valence electrons. The molecular formula is C12H24Cl2N4O. The Balaban J connectivity index is 0. The van der Waals surface area contributed by atoms with Crippen LogP contribution in [-0.2, 0) is 11.8 Å². The monoisotopic (exact) mass is 310 g/mol. The van der Waals surface area contributed by atoms with Crippen molar-refractivity contribution in [2.45, 2.75) is 32.1 Å². The van der Waals surface area contributed by atoms with Crippen LogP contribution in [0.3, 0.4) is 0 Å². The Morgan fingerprint density at radius 2 is 1.95 bits per heavy atom. The lowest BCUT2D eigenvalue weighted by Gasteiger charge is -2.14. The molecule has 19 heavy (non-hydrogen) atoms. The summed E-state index contributed by atoms with van der Waals surface area (Å²) in [7, 11) is 3.63. The van der Waals surface area contributed by atoms with Gasteiger partial charge in [0.05, 0.1) is 11.9 Å². The van der Waals surface area contributed by atoms with Gasteiger partial charge in [0.15, 0.2) is 0 Å². The minimum atomic E-state index is 0. The third kappa shape index (κ3) is 7.40. The van der Waals surface area contributed by atoms with Gasteiger partial charge in [0.2, 0.25) is 5.91 Å². The molecule has 0 aliphatic carbocycles. The number of halogens is 2. The van der Waals surface area contributed by atoms with Crippen molar-refractivity contribution in [1.29, 1.82) is 0 Å². The highest BCUT2D eigenvalue weighted by atomic mass is 35.5. The molecule has 7 heteroatoms. The number of aromatic nitrogens is 2. The molecule has 0 fully saturated rings. The zero-order valence-corrected chi connectivity index (χ0v) is 13.2. The molecular weight excluding hydrogens is 287 g/mol. The van der Waals surface area contributed by atoms with Crippen LogP contribution < -0.4 is 10.6 Å². The zero-order valence-electron chi connectivity index (χ0n) is 11.5. The van der Waals surface area contributed by atoms with Gasteiger partial charge in [-0.3, -0.25) is 9.48 Å². The number of nitrogens with zero attached hydrogens (tertiary/aromatic N) is 3. The Hall–Kier alpha value is -0.780. The summed E-state index contributed by atoms with van der Waals surface area (Å²) in [5, 5.41) is 4.05. The fourth-order valence-corrected chi connectivity index (χ4v) is 1.67. The van der Waals surface area contributed by atoms with E-state index in [0.717, 1.165) is 37.9 Å². The largest absolute Gasteiger partial charge is 0.330 e. The van der Waals surface area contributed by atoms with E-state index < -0.39 is 0 Å². The van der Waals surface area contributed by atoms with Crippen LogP contribution in [-0.4, -0.2) is 29.3 Å². The smallest absolute Gasteiger partial charge is 0.226 e. The van der Waals surface area contributed by atoms with E-state index in [-0.39, 0.29) is 30.7 Å². The Morgan fingerprint density at radius 3 is 2.47 bits per heavy atom. The van der Waals surface area contributed by atoms with Gasteiger partial charge >= 0.3 is 0 Å². The molecule has 1 amide bonds. The van der Waals surface area contributed by atoms with Gasteiger partial charge in [-0.25, -0.2) is 0 Å². The minimum absolute atomic E-state index is 0. The molecule has 1 aromatic rings. The van der Waals surface area contributed by atoms with Gasteiger partial charge < -0.3 is 10.6 Å². The lowest BCUT2D eigenvalue weighted by atomic mass is 10.1. The standard InChI is InChI=1S/C12H22N4O.2ClH/c1-15-10-11(9-14-15)16(2)12(17)7-5-3-4-6-8-13;;/h9-10H,3-8,13H2,1-2H3;2*1H. The average Bonchev–Trinajstić information content (AvgIpc) is 2.74. The number of carbonyl (C=O) groups is 1. The van der Waals surface area contributed by atoms with E-state index in [0.29, 0.717) is 6.42 Å². The number of hydrogen-bond donors (Lipinski definition) is 1. The molecule has 0 aliphatic rings. The summed E-state index contributed by atoms with van der Waals surface area (Å²) in [6.07, 6.45) is 8.30. The van der Waals surface area contributed by atoms with Crippen molar-refractivity contribution in [2.24, 2.45) is 12.8 Å². The highest BCUT2D eigenvalue weighted by Gasteiger charge is 2.11. The first-order chi connectivity index (χ1) is 8.15. The molecule has 5 nitrogen and oxygen atoms in total. The Morgan fingerprint density at radius 1 is 1.32 bits per heavy atom. The summed E-state index contributed by atoms with van der Waals surface area (Å²) in [6.45, 7) is 0.740. The second-order valence-corrected chi connectivity index (χ2v) is 4.28. The van der Waals surface area contributed by atoms with Gasteiger partial charge in [0.25, 0.3) is 0 Å². The first kappa shape index (κ1) is 20.5. The van der Waals surface area contributed by atoms with Crippen molar-refractivity contribution in [3.63, 3.8) is 0 Å². The van der Waals surface area contributed by atoms with Crippen molar-refractivity contribution in [2.75, 3.05) is 18.5 Å². The maximum absolute atomic E-state index is 11.8. The number of unbranched alkanes of at least 4 members (excludes halogenated alkanes) is 3. The van der Waals surface area contributed by atoms with Crippen LogP contribution in [0.4, 0.5) is 5.69 Å². The highest BCUT2D eigenvalue weighted by molar-refractivity contribution is 5.92. The number of amides is 1. The average molecular weight is 311 g/mol. The summed E-state index contributed by atoms with van der Waals surface area (Å²) in [5.41, 5.74) is 6.26. The third-order valence-corrected chi connectivity index (χ3v) is 2.80. The number of rotatable bonds is 7. The van der Waals surface area contributed by atoms with Crippen molar-refractivity contribution in [3.8, 4) is 0 Å². The van der Waals surface area contributed by atoms with E-state index >= 15 is 0 Å². The summed E-state index contributed by atoms with van der Waals surface area (Å²) >= 11 is 0. The van der Waals surface area contributed by atoms with E-state index in [1.54, 1.807) is 22.8 Å². The number of anilines is 1. The van der Waals surface area contributed by atoms with Crippen LogP contribution in [0.2, 0.25) is 0 Å². The summed E-state index contributed by atoms with van der Waals surface area (Å²) < 4.78 is 1.69. The second kappa shape index (κ2) is 11.1. The van der Waals surface area contributed by atoms with Crippen molar-refractivity contribution >= 4 is 36.4 Å². The maximum Gasteiger partial charge on any atom is 0.226 e. The molecule has 1 heterocycles. The Bertz CT molecular complexity index is 357. The quantitative estimate of drug-likeness (QED) is 0.785. The van der Waals surface area contributed by atoms with Crippen LogP contribution in [0.25, 0.3) is 0 Å². The summed E-state index contributed by atoms with van der Waals surface area (Å²) in [4.78, 5) is 13.5. The van der Waals surface area contributed by atoms with Crippen molar-refractivity contribution in [3.05, 3.63) is 12.4 Å². The lowest BCUT2D eigenvalue weighted by molar-refractivity contribution is -0.118. The van der Waals surface area contributed by atoms with E-state index in [1.807, 2.05) is 13.2 Å². The first-order valence-corrected chi connectivity index (χ1v) is 6.10. The minimum Gasteiger partial charge on any atom is -0.330 e. The molecule has 0 atom stereocenters. The van der Waals surface area contributed by atoms with E-state index in [2.05, 4.69) is 5.10 Å². The van der Waals surface area contributed by atoms with Gasteiger partial charge in [0, 0.05) is 26.7 Å². The van der Waals surface area contributed by atoms with Crippen LogP contribution in [0.15, 0.2) is 12.4 Å². The summed E-state index contributed by atoms with van der Waals surface area (Å²) in [6, 6.07) is 0. The molecule has 0 saturated carbocycles. The molecule has 0 aliphatic heterocycles. The molecule has 0 spiro atoms. The molecule has 1 aromatic heterocycles. The van der Waals surface area contributed by atoms with Crippen molar-refractivity contribution in [1.82, 2.24) is 9.78 Å². The number of carbonyl (C=O) groups excluding carboxylic acids is 1. The van der Waals surface area contributed by atoms with Gasteiger partial charge in [0.1, 0.15) is 0 Å². The molecule has 0 unspecified atom stereocenters. The SMILES string of the molecule is CN(C(=O)CCCCCCN)c1cnn(C)c1.Cl.Cl. The van der Waals surface area contributed by atoms with Crippen LogP contribution in [0.1, 0.15) is 32.1 Å². The van der Waals surface area contributed by atoms with Crippen LogP contribution in [0.5, 0.6) is 0 Å². The van der Waals surface area contributed by atoms with Gasteiger partial charge in [-0.05, 0) is 19.4 Å². The fourth-order valence-electron chi connectivity index (χ4n) is 1.67. The highest BCUT2D eigenvalue weighted by Crippen LogP contribution is 2.12. The summed E-state index contributed by atoms with van der Waals surface area (Å²) in [5.74, 6) is 0.144. The molecule has 0 aromatic carbocycles. The Kier molecular flexibility index (Phi) is 12.0. The zero-order chi connectivity index (χ0) is 12.7. The van der Waals surface area contributed by atoms with E-state index in [1.165, 1.54) is 0 Å². The van der Waals surface area contributed by atoms with Crippen LogP contribution in [0, 0.1) is 0 Å². The van der Waals surface area contributed by atoms with Crippen LogP contribution >= 0.6 is 24.8 Å². The maximum atomic E-state index is 11.8. The molecule has 0 bridgehead atoms. The number of hydrogen-bond acceptors (Lipinski definition) is 3. The third-order valence-electron chi connectivity index (χ3n) is 2.80. The topological polar surface area (TPSA) is 64.2 Å². The van der Waals surface area contributed by atoms with Gasteiger partial charge in [-0.15, -0.1) is 24.8 Å². The lowest BCUT2D eigenvalue weighted by Crippen LogP contribution is -2.25. The Labute approximate surface area is 127 Å². The van der Waals surface area contributed by atoms with Crippen molar-refractivity contribution < 1.29 is 4.79 Å². The van der Waals surface area contributed by atoms with E-state index in [9.17, 15) is 4.79 Å². The second-order valence-electron chi connectivity index (χ2n) is 4.28. The predicted octanol–water partition coefficient (Wildman–Crippen LogP) is 2.14. The number of aryl methyl sites for hydroxylation is 1. The molecule has 0 radical (unpaired) electrons. The molecule has 2 N–H and O–H groups in total. The predicted molar refractivity (Wildman–Crippen MR) is 83.3 cm³/mol. The number of nitrogens with two attached hydrogens (primary N) is 1. The first-order valence-electron chi connectivity index (χ1n) is 6.10. The van der Waals surface area contributed by atoms with Gasteiger partial charge in [-0.2, -0.15) is 5.10 Å². The van der Waals surface area contributed by atoms with E-state index in [4.69, 9.17) is 5.73 Å².